The average Bonchev–Trinajstić information content (AvgIpc) is 2.66. The Bertz CT molecular complexity index is 832. The number of anilines is 1. The molecule has 0 bridgehead atoms. The number of ether oxygens (including phenoxy) is 1. The number of nitrogens with one attached hydrogen (secondary N) is 1. The molecular weight excluding hydrogens is 336 g/mol. The van der Waals surface area contributed by atoms with E-state index < -0.39 is 16.7 Å². The zero-order chi connectivity index (χ0) is 19.1. The van der Waals surface area contributed by atoms with Gasteiger partial charge in [0.15, 0.2) is 5.78 Å². The van der Waals surface area contributed by atoms with Gasteiger partial charge in [-0.1, -0.05) is 31.5 Å². The van der Waals surface area contributed by atoms with Crippen LogP contribution in [-0.4, -0.2) is 30.3 Å². The molecule has 0 amide bonds. The molecule has 0 aromatic heterocycles. The number of nitrogens with zero attached hydrogens (tertiary/aromatic N) is 1. The summed E-state index contributed by atoms with van der Waals surface area (Å²) in [6.45, 7) is 2.26. The van der Waals surface area contributed by atoms with Crippen molar-refractivity contribution >= 4 is 23.1 Å². The largest absolute Gasteiger partial charge is 0.462 e. The number of rotatable bonds is 8. The molecule has 0 heterocycles. The summed E-state index contributed by atoms with van der Waals surface area (Å²) in [4.78, 5) is 35.7. The van der Waals surface area contributed by atoms with Crippen molar-refractivity contribution in [1.82, 2.24) is 0 Å². The predicted molar refractivity (Wildman–Crippen MR) is 97.7 cm³/mol. The van der Waals surface area contributed by atoms with E-state index in [-0.39, 0.29) is 29.0 Å². The van der Waals surface area contributed by atoms with E-state index in [1.165, 1.54) is 30.3 Å². The third-order valence-corrected chi connectivity index (χ3v) is 3.85. The average molecular weight is 356 g/mol. The molecule has 0 radical (unpaired) electrons. The number of benzene rings is 2. The Balaban J connectivity index is 2.37. The lowest BCUT2D eigenvalue weighted by Crippen LogP contribution is -2.13. The lowest BCUT2D eigenvalue weighted by Gasteiger charge is -2.10. The van der Waals surface area contributed by atoms with E-state index in [4.69, 9.17) is 4.74 Å². The second kappa shape index (κ2) is 8.75. The molecule has 2 aromatic carbocycles. The number of nitro groups is 1. The number of carbonyl (C=O) groups excluding carboxylic acids is 2. The molecule has 0 atom stereocenters. The van der Waals surface area contributed by atoms with Crippen molar-refractivity contribution in [3.05, 3.63) is 69.3 Å². The Labute approximate surface area is 151 Å². The first-order chi connectivity index (χ1) is 12.5. The minimum absolute atomic E-state index is 0.129. The van der Waals surface area contributed by atoms with Gasteiger partial charge in [-0.25, -0.2) is 4.79 Å². The zero-order valence-electron chi connectivity index (χ0n) is 14.7. The normalized spacial score (nSPS) is 10.2. The van der Waals surface area contributed by atoms with Crippen LogP contribution in [-0.2, 0) is 4.74 Å². The third-order valence-electron chi connectivity index (χ3n) is 3.85. The fourth-order valence-electron chi connectivity index (χ4n) is 2.44. The van der Waals surface area contributed by atoms with Crippen LogP contribution in [0.1, 0.15) is 46.0 Å². The maximum atomic E-state index is 12.8. The highest BCUT2D eigenvalue weighted by Crippen LogP contribution is 2.27. The van der Waals surface area contributed by atoms with Crippen molar-refractivity contribution < 1.29 is 19.2 Å². The van der Waals surface area contributed by atoms with Crippen LogP contribution >= 0.6 is 0 Å². The Kier molecular flexibility index (Phi) is 6.43. The molecule has 0 saturated carbocycles. The molecule has 0 saturated heterocycles. The molecule has 0 fully saturated rings. The smallest absolute Gasteiger partial charge is 0.338 e. The number of hydrogen-bond donors (Lipinski definition) is 1. The molecule has 0 unspecified atom stereocenters. The van der Waals surface area contributed by atoms with Crippen molar-refractivity contribution in [2.24, 2.45) is 0 Å². The van der Waals surface area contributed by atoms with Gasteiger partial charge in [0.2, 0.25) is 0 Å². The van der Waals surface area contributed by atoms with Crippen LogP contribution in [0.2, 0.25) is 0 Å². The SMILES string of the molecule is CCCCOC(=O)c1ccccc1C(=O)c1ccc(NC)c([N+](=O)[O-])c1. The standard InChI is InChI=1S/C19H20N2O5/c1-3-4-11-26-19(23)15-8-6-5-7-14(15)18(22)13-9-10-16(20-2)17(12-13)21(24)25/h5-10,12,20H,3-4,11H2,1-2H3. The van der Waals surface area contributed by atoms with Gasteiger partial charge in [-0.3, -0.25) is 14.9 Å². The maximum absolute atomic E-state index is 12.8. The van der Waals surface area contributed by atoms with Crippen molar-refractivity contribution in [1.29, 1.82) is 0 Å². The summed E-state index contributed by atoms with van der Waals surface area (Å²) in [7, 11) is 1.56. The van der Waals surface area contributed by atoms with Crippen LogP contribution in [0.25, 0.3) is 0 Å². The number of ketones is 1. The van der Waals surface area contributed by atoms with Crippen LogP contribution in [0.15, 0.2) is 42.5 Å². The van der Waals surface area contributed by atoms with Crippen LogP contribution in [0.5, 0.6) is 0 Å². The van der Waals surface area contributed by atoms with Crippen molar-refractivity contribution in [2.75, 3.05) is 19.0 Å². The van der Waals surface area contributed by atoms with Crippen molar-refractivity contribution in [3.63, 3.8) is 0 Å². The topological polar surface area (TPSA) is 98.5 Å². The number of unbranched alkanes of at least 4 members (excludes halogenated alkanes) is 1. The molecular formula is C19H20N2O5. The highest BCUT2D eigenvalue weighted by molar-refractivity contribution is 6.14. The molecule has 2 rings (SSSR count). The summed E-state index contributed by atoms with van der Waals surface area (Å²) in [6, 6.07) is 10.4. The van der Waals surface area contributed by atoms with Gasteiger partial charge in [0, 0.05) is 24.2 Å². The van der Waals surface area contributed by atoms with Crippen LogP contribution in [0.3, 0.4) is 0 Å². The minimum atomic E-state index is -0.580. The monoisotopic (exact) mass is 356 g/mol. The first-order valence-corrected chi connectivity index (χ1v) is 8.26. The number of hydrogen-bond acceptors (Lipinski definition) is 6. The van der Waals surface area contributed by atoms with Gasteiger partial charge in [0.1, 0.15) is 5.69 Å². The summed E-state index contributed by atoms with van der Waals surface area (Å²) in [5, 5.41) is 13.9. The molecule has 0 spiro atoms. The molecule has 1 N–H and O–H groups in total. The Hall–Kier alpha value is -3.22. The Morgan fingerprint density at radius 3 is 2.46 bits per heavy atom. The molecule has 0 aliphatic heterocycles. The molecule has 26 heavy (non-hydrogen) atoms. The quantitative estimate of drug-likeness (QED) is 0.254. The Morgan fingerprint density at radius 2 is 1.85 bits per heavy atom. The second-order valence-electron chi connectivity index (χ2n) is 5.60. The van der Waals surface area contributed by atoms with Crippen LogP contribution < -0.4 is 5.32 Å². The summed E-state index contributed by atoms with van der Waals surface area (Å²) in [6.07, 6.45) is 1.62. The van der Waals surface area contributed by atoms with E-state index in [9.17, 15) is 19.7 Å². The van der Waals surface area contributed by atoms with E-state index in [0.29, 0.717) is 5.69 Å². The molecule has 136 valence electrons. The first kappa shape index (κ1) is 19.1. The van der Waals surface area contributed by atoms with E-state index in [1.807, 2.05) is 6.92 Å². The summed E-state index contributed by atoms with van der Waals surface area (Å²) in [5.41, 5.74) is 0.527. The number of esters is 1. The summed E-state index contributed by atoms with van der Waals surface area (Å²) >= 11 is 0. The van der Waals surface area contributed by atoms with Crippen LogP contribution in [0.4, 0.5) is 11.4 Å². The number of carbonyl (C=O) groups is 2. The fourth-order valence-corrected chi connectivity index (χ4v) is 2.44. The summed E-state index contributed by atoms with van der Waals surface area (Å²) < 4.78 is 5.18. The van der Waals surface area contributed by atoms with Gasteiger partial charge in [-0.15, -0.1) is 0 Å². The van der Waals surface area contributed by atoms with Gasteiger partial charge in [-0.05, 0) is 24.6 Å². The van der Waals surface area contributed by atoms with Crippen molar-refractivity contribution in [3.8, 4) is 0 Å². The Morgan fingerprint density at radius 1 is 1.15 bits per heavy atom. The van der Waals surface area contributed by atoms with E-state index >= 15 is 0 Å². The van der Waals surface area contributed by atoms with Gasteiger partial charge < -0.3 is 10.1 Å². The molecule has 0 aliphatic carbocycles. The van der Waals surface area contributed by atoms with Crippen molar-refractivity contribution in [2.45, 2.75) is 19.8 Å². The summed E-state index contributed by atoms with van der Waals surface area (Å²) in [5.74, 6) is -1.05. The molecule has 0 aliphatic rings. The van der Waals surface area contributed by atoms with Gasteiger partial charge >= 0.3 is 5.97 Å². The third kappa shape index (κ3) is 4.24. The second-order valence-corrected chi connectivity index (χ2v) is 5.60. The molecule has 7 nitrogen and oxygen atoms in total. The molecule has 7 heteroatoms. The number of nitro benzene ring substituents is 1. The van der Waals surface area contributed by atoms with E-state index in [0.717, 1.165) is 12.8 Å². The van der Waals surface area contributed by atoms with Gasteiger partial charge in [-0.2, -0.15) is 0 Å². The van der Waals surface area contributed by atoms with E-state index in [1.54, 1.807) is 19.2 Å². The lowest BCUT2D eigenvalue weighted by molar-refractivity contribution is -0.384. The zero-order valence-corrected chi connectivity index (χ0v) is 14.7. The lowest BCUT2D eigenvalue weighted by atomic mass is 9.97. The minimum Gasteiger partial charge on any atom is -0.462 e. The van der Waals surface area contributed by atoms with E-state index in [2.05, 4.69) is 5.32 Å². The van der Waals surface area contributed by atoms with Gasteiger partial charge in [0.05, 0.1) is 17.1 Å². The first-order valence-electron chi connectivity index (χ1n) is 8.26. The highest BCUT2D eigenvalue weighted by atomic mass is 16.6. The fraction of sp³-hybridized carbons (Fsp3) is 0.263. The predicted octanol–water partition coefficient (Wildman–Crippen LogP) is 3.82. The van der Waals surface area contributed by atoms with Crippen LogP contribution in [0, 0.1) is 10.1 Å². The molecule has 2 aromatic rings. The van der Waals surface area contributed by atoms with Gasteiger partial charge in [0.25, 0.3) is 5.69 Å². The maximum Gasteiger partial charge on any atom is 0.338 e. The highest BCUT2D eigenvalue weighted by Gasteiger charge is 2.22.